The number of halogens is 1. The first-order valence-electron chi connectivity index (χ1n) is 16.1. The van der Waals surface area contributed by atoms with E-state index in [9.17, 15) is 0 Å². The fraction of sp³-hybridized carbons (Fsp3) is 0.182. The lowest BCUT2D eigenvalue weighted by Crippen LogP contribution is -2.22. The van der Waals surface area contributed by atoms with Crippen LogP contribution in [-0.2, 0) is 10.8 Å². The van der Waals surface area contributed by atoms with Gasteiger partial charge in [0.25, 0.3) is 0 Å². The molecule has 0 amide bonds. The van der Waals surface area contributed by atoms with Gasteiger partial charge < -0.3 is 11.1 Å². The second-order valence-corrected chi connectivity index (χ2v) is 11.7. The molecule has 2 nitrogen and oxygen atoms in total. The third-order valence-corrected chi connectivity index (χ3v) is 9.15. The van der Waals surface area contributed by atoms with Gasteiger partial charge in [0.1, 0.15) is 0 Å². The Morgan fingerprint density at radius 3 is 0.809 bits per heavy atom. The molecule has 47 heavy (non-hydrogen) atoms. The van der Waals surface area contributed by atoms with Crippen molar-refractivity contribution in [3.63, 3.8) is 0 Å². The summed E-state index contributed by atoms with van der Waals surface area (Å²) in [5.41, 5.74) is 18.2. The van der Waals surface area contributed by atoms with Gasteiger partial charge in [0, 0.05) is 10.8 Å². The zero-order chi connectivity index (χ0) is 33.9. The number of fused-ring (bicyclic) bond motifs is 6. The quantitative estimate of drug-likeness (QED) is 0.178. The molecule has 0 radical (unpaired) electrons. The molecule has 2 aliphatic carbocycles. The van der Waals surface area contributed by atoms with Gasteiger partial charge in [-0.3, -0.25) is 0 Å². The van der Waals surface area contributed by atoms with Crippen LogP contribution in [0.4, 0.5) is 0 Å². The van der Waals surface area contributed by atoms with Crippen LogP contribution in [0.3, 0.4) is 0 Å². The minimum absolute atomic E-state index is 0.0472. The van der Waals surface area contributed by atoms with E-state index in [1.807, 2.05) is 19.9 Å². The third kappa shape index (κ3) is 6.62. The van der Waals surface area contributed by atoms with E-state index in [0.29, 0.717) is 0 Å². The molecule has 0 heterocycles. The molecule has 0 fully saturated rings. The first-order valence-corrected chi connectivity index (χ1v) is 17.7. The predicted molar refractivity (Wildman–Crippen MR) is 208 cm³/mol. The van der Waals surface area contributed by atoms with E-state index < -0.39 is 0 Å². The van der Waals surface area contributed by atoms with Crippen LogP contribution in [0, 0.1) is 0 Å². The molecule has 0 atom stereocenters. The number of benzene rings is 6. The Morgan fingerprint density at radius 1 is 0.383 bits per heavy atom. The van der Waals surface area contributed by atoms with Gasteiger partial charge in [0.2, 0.25) is 0 Å². The molecule has 6 aromatic carbocycles. The average Bonchev–Trinajstić information content (AvgIpc) is 3.58. The highest BCUT2D eigenvalue weighted by atomic mass is 79.9. The maximum atomic E-state index is 4.50. The van der Waals surface area contributed by atoms with Crippen molar-refractivity contribution in [1.82, 2.24) is 5.32 Å². The summed E-state index contributed by atoms with van der Waals surface area (Å²) in [4.78, 5) is 0. The van der Waals surface area contributed by atoms with Crippen LogP contribution in [-0.4, -0.2) is 27.0 Å². The highest BCUT2D eigenvalue weighted by molar-refractivity contribution is 9.08. The van der Waals surface area contributed by atoms with Crippen LogP contribution in [0.5, 0.6) is 0 Å². The Morgan fingerprint density at radius 2 is 0.574 bits per heavy atom. The Labute approximate surface area is 290 Å². The lowest BCUT2D eigenvalue weighted by molar-refractivity contribution is 0.714. The zero-order valence-corrected chi connectivity index (χ0v) is 30.1. The molecule has 3 N–H and O–H groups in total. The summed E-state index contributed by atoms with van der Waals surface area (Å²) in [5, 5.41) is 2.75. The molecular formula is C44H47BrN2. The van der Waals surface area contributed by atoms with E-state index in [-0.39, 0.29) is 10.8 Å². The lowest BCUT2D eigenvalue weighted by atomic mass is 9.74. The molecule has 0 unspecified atom stereocenters. The summed E-state index contributed by atoms with van der Waals surface area (Å²) in [6, 6.07) is 56.7. The number of nitrogens with one attached hydrogen (secondary N) is 1. The van der Waals surface area contributed by atoms with Gasteiger partial charge in [0.05, 0.1) is 0 Å². The van der Waals surface area contributed by atoms with Gasteiger partial charge in [0.15, 0.2) is 0 Å². The van der Waals surface area contributed by atoms with Crippen LogP contribution >= 0.6 is 15.9 Å². The number of alkyl halides is 1. The van der Waals surface area contributed by atoms with Gasteiger partial charge in [-0.2, -0.15) is 0 Å². The van der Waals surface area contributed by atoms with Crippen LogP contribution in [0.25, 0.3) is 22.3 Å². The first kappa shape index (κ1) is 35.6. The Bertz CT molecular complexity index is 1620. The molecule has 0 aromatic heterocycles. The zero-order valence-electron chi connectivity index (χ0n) is 28.5. The molecule has 0 saturated heterocycles. The van der Waals surface area contributed by atoms with Gasteiger partial charge in [-0.15, -0.1) is 0 Å². The maximum Gasteiger partial charge on any atom is 0.0435 e. The second-order valence-electron chi connectivity index (χ2n) is 11.7. The van der Waals surface area contributed by atoms with Gasteiger partial charge >= 0.3 is 0 Å². The van der Waals surface area contributed by atoms with E-state index in [2.05, 4.69) is 199 Å². The molecule has 8 rings (SSSR count). The van der Waals surface area contributed by atoms with Gasteiger partial charge in [-0.1, -0.05) is 174 Å². The van der Waals surface area contributed by atoms with Crippen molar-refractivity contribution < 1.29 is 0 Å². The summed E-state index contributed by atoms with van der Waals surface area (Å²) in [6.45, 7) is 4.68. The summed E-state index contributed by atoms with van der Waals surface area (Å²) in [6.07, 6.45) is 0. The Balaban J connectivity index is 0.000000179. The summed E-state index contributed by atoms with van der Waals surface area (Å²) >= 11 is 2.94. The van der Waals surface area contributed by atoms with Crippen molar-refractivity contribution in [3.05, 3.63) is 191 Å². The fourth-order valence-corrected chi connectivity index (χ4v) is 7.07. The maximum absolute atomic E-state index is 4.50. The van der Waals surface area contributed by atoms with E-state index in [1.54, 1.807) is 0 Å². The first-order chi connectivity index (χ1) is 23.0. The smallest absolute Gasteiger partial charge is 0.0435 e. The third-order valence-electron chi connectivity index (χ3n) is 9.15. The number of hydrogen-bond donors (Lipinski definition) is 2. The molecule has 3 heteroatoms. The molecule has 2 aliphatic rings. The average molecular weight is 684 g/mol. The van der Waals surface area contributed by atoms with E-state index >= 15 is 0 Å². The standard InChI is InChI=1S/2C20H16.C2H7N.CH3Br.CH5N/c2*1-20(15-9-3-2-4-10-15)18-13-7-5-11-16(18)17-12-6-8-14-19(17)20;1-3-2;2*1-2/h2*2-14H,1H3;3H,1-2H3;1H3;2H2,1H3. The van der Waals surface area contributed by atoms with E-state index in [4.69, 9.17) is 0 Å². The van der Waals surface area contributed by atoms with Crippen LogP contribution < -0.4 is 11.1 Å². The summed E-state index contributed by atoms with van der Waals surface area (Å²) in [5.74, 6) is 1.81. The summed E-state index contributed by atoms with van der Waals surface area (Å²) in [7, 11) is 5.25. The fourth-order valence-electron chi connectivity index (χ4n) is 7.07. The number of nitrogens with two attached hydrogens (primary N) is 1. The van der Waals surface area contributed by atoms with Crippen molar-refractivity contribution >= 4 is 15.9 Å². The topological polar surface area (TPSA) is 38.0 Å². The molecule has 0 aliphatic heterocycles. The highest BCUT2D eigenvalue weighted by Crippen LogP contribution is 2.53. The number of rotatable bonds is 2. The van der Waals surface area contributed by atoms with Crippen molar-refractivity contribution in [2.24, 2.45) is 5.73 Å². The van der Waals surface area contributed by atoms with Crippen molar-refractivity contribution in [2.75, 3.05) is 27.0 Å². The van der Waals surface area contributed by atoms with Gasteiger partial charge in [-0.25, -0.2) is 0 Å². The highest BCUT2D eigenvalue weighted by Gasteiger charge is 2.41. The van der Waals surface area contributed by atoms with Crippen molar-refractivity contribution in [3.8, 4) is 22.3 Å². The van der Waals surface area contributed by atoms with E-state index in [0.717, 1.165) is 0 Å². The Kier molecular flexibility index (Phi) is 12.5. The van der Waals surface area contributed by atoms with Crippen molar-refractivity contribution in [1.29, 1.82) is 0 Å². The number of hydrogen-bond acceptors (Lipinski definition) is 2. The Hall–Kier alpha value is -4.28. The van der Waals surface area contributed by atoms with Gasteiger partial charge in [-0.05, 0) is 96.5 Å². The van der Waals surface area contributed by atoms with Crippen LogP contribution in [0.1, 0.15) is 47.2 Å². The van der Waals surface area contributed by atoms with Crippen LogP contribution in [0.15, 0.2) is 158 Å². The lowest BCUT2D eigenvalue weighted by Gasteiger charge is -2.28. The normalized spacial score (nSPS) is 13.1. The second kappa shape index (κ2) is 16.5. The van der Waals surface area contributed by atoms with Crippen molar-refractivity contribution in [2.45, 2.75) is 24.7 Å². The molecule has 6 aromatic rings. The van der Waals surface area contributed by atoms with Crippen LogP contribution in [0.2, 0.25) is 0 Å². The molecule has 0 bridgehead atoms. The SMILES string of the molecule is CBr.CC1(c2ccccc2)c2ccccc2-c2ccccc21.CC1(c2ccccc2)c2ccccc2-c2ccccc21.CN.CNC. The molecule has 0 saturated carbocycles. The predicted octanol–water partition coefficient (Wildman–Crippen LogP) is 10.5. The molecular weight excluding hydrogens is 636 g/mol. The molecule has 0 spiro atoms. The monoisotopic (exact) mass is 682 g/mol. The minimum atomic E-state index is -0.0472. The molecule has 240 valence electrons. The summed E-state index contributed by atoms with van der Waals surface area (Å²) < 4.78 is 0. The minimum Gasteiger partial charge on any atom is -0.333 e. The van der Waals surface area contributed by atoms with E-state index in [1.165, 1.54) is 62.7 Å². The largest absolute Gasteiger partial charge is 0.333 e.